The lowest BCUT2D eigenvalue weighted by Gasteiger charge is -2.29. The Morgan fingerprint density at radius 2 is 2.05 bits per heavy atom. The first kappa shape index (κ1) is 18.4. The van der Waals surface area contributed by atoms with Gasteiger partial charge >= 0.3 is 5.97 Å². The molecule has 1 atom stereocenters. The highest BCUT2D eigenvalue weighted by Gasteiger charge is 2.25. The monoisotopic (exact) mass is 329 g/mol. The predicted molar refractivity (Wildman–Crippen MR) is 83.4 cm³/mol. The fourth-order valence-corrected chi connectivity index (χ4v) is 2.28. The minimum Gasteiger partial charge on any atom is -0.466 e. The van der Waals surface area contributed by atoms with Gasteiger partial charge < -0.3 is 9.64 Å². The van der Waals surface area contributed by atoms with Crippen molar-refractivity contribution >= 4 is 23.5 Å². The number of halogens is 2. The van der Waals surface area contributed by atoms with Crippen molar-refractivity contribution in [2.45, 2.75) is 39.7 Å². The smallest absolute Gasteiger partial charge is 0.307 e. The molecule has 0 saturated carbocycles. The first-order valence-corrected chi connectivity index (χ1v) is 7.70. The number of ether oxygens (including phenoxy) is 1. The highest BCUT2D eigenvalue weighted by Crippen LogP contribution is 2.22. The topological polar surface area (TPSA) is 46.6 Å². The van der Waals surface area contributed by atoms with Crippen molar-refractivity contribution in [1.82, 2.24) is 4.90 Å². The van der Waals surface area contributed by atoms with E-state index in [9.17, 15) is 14.0 Å². The number of hydrogen-bond acceptors (Lipinski definition) is 3. The SMILES string of the molecule is CCOC(=O)CCN(C(=O)c1c(F)cccc1Cl)C(C)CC. The van der Waals surface area contributed by atoms with Gasteiger partial charge in [0.05, 0.1) is 23.6 Å². The summed E-state index contributed by atoms with van der Waals surface area (Å²) >= 11 is 5.95. The third-order valence-corrected chi connectivity index (χ3v) is 3.74. The van der Waals surface area contributed by atoms with Crippen LogP contribution in [0.3, 0.4) is 0 Å². The van der Waals surface area contributed by atoms with E-state index in [1.165, 1.54) is 23.1 Å². The summed E-state index contributed by atoms with van der Waals surface area (Å²) in [7, 11) is 0. The van der Waals surface area contributed by atoms with Crippen molar-refractivity contribution in [3.05, 3.63) is 34.6 Å². The Morgan fingerprint density at radius 3 is 2.59 bits per heavy atom. The molecular weight excluding hydrogens is 309 g/mol. The number of nitrogens with zero attached hydrogens (tertiary/aromatic N) is 1. The third-order valence-electron chi connectivity index (χ3n) is 3.42. The van der Waals surface area contributed by atoms with Crippen LogP contribution >= 0.6 is 11.6 Å². The summed E-state index contributed by atoms with van der Waals surface area (Å²) in [6, 6.07) is 3.97. The number of esters is 1. The molecule has 1 amide bonds. The zero-order valence-corrected chi connectivity index (χ0v) is 13.8. The molecule has 1 aromatic carbocycles. The molecule has 0 aliphatic rings. The van der Waals surface area contributed by atoms with E-state index in [0.29, 0.717) is 6.42 Å². The summed E-state index contributed by atoms with van der Waals surface area (Å²) in [6.45, 7) is 5.93. The van der Waals surface area contributed by atoms with Gasteiger partial charge in [0.1, 0.15) is 5.82 Å². The zero-order valence-electron chi connectivity index (χ0n) is 13.1. The van der Waals surface area contributed by atoms with E-state index in [1.54, 1.807) is 6.92 Å². The average molecular weight is 330 g/mol. The van der Waals surface area contributed by atoms with Gasteiger partial charge in [-0.1, -0.05) is 24.6 Å². The lowest BCUT2D eigenvalue weighted by molar-refractivity contribution is -0.143. The molecule has 122 valence electrons. The lowest BCUT2D eigenvalue weighted by atomic mass is 10.1. The molecule has 0 radical (unpaired) electrons. The summed E-state index contributed by atoms with van der Waals surface area (Å²) in [5, 5.41) is 0.0643. The summed E-state index contributed by atoms with van der Waals surface area (Å²) in [5.41, 5.74) is -0.159. The molecule has 0 aromatic heterocycles. The van der Waals surface area contributed by atoms with Gasteiger partial charge in [-0.05, 0) is 32.4 Å². The van der Waals surface area contributed by atoms with Crippen LogP contribution in [-0.4, -0.2) is 36.0 Å². The van der Waals surface area contributed by atoms with Crippen LogP contribution in [0, 0.1) is 5.82 Å². The van der Waals surface area contributed by atoms with Gasteiger partial charge in [-0.2, -0.15) is 0 Å². The second kappa shape index (κ2) is 8.73. The quantitative estimate of drug-likeness (QED) is 0.717. The maximum absolute atomic E-state index is 13.9. The molecule has 0 N–H and O–H groups in total. The van der Waals surface area contributed by atoms with E-state index >= 15 is 0 Å². The molecule has 1 aromatic rings. The molecule has 6 heteroatoms. The molecule has 22 heavy (non-hydrogen) atoms. The van der Waals surface area contributed by atoms with Crippen LogP contribution in [0.2, 0.25) is 5.02 Å². The van der Waals surface area contributed by atoms with Crippen LogP contribution in [0.5, 0.6) is 0 Å². The molecule has 4 nitrogen and oxygen atoms in total. The highest BCUT2D eigenvalue weighted by atomic mass is 35.5. The van der Waals surface area contributed by atoms with Crippen molar-refractivity contribution in [2.75, 3.05) is 13.2 Å². The van der Waals surface area contributed by atoms with E-state index in [-0.39, 0.29) is 42.2 Å². The van der Waals surface area contributed by atoms with Gasteiger partial charge in [0.2, 0.25) is 0 Å². The van der Waals surface area contributed by atoms with E-state index in [2.05, 4.69) is 0 Å². The van der Waals surface area contributed by atoms with Crippen LogP contribution in [0.1, 0.15) is 44.0 Å². The van der Waals surface area contributed by atoms with E-state index < -0.39 is 11.7 Å². The summed E-state index contributed by atoms with van der Waals surface area (Å²) in [6.07, 6.45) is 0.747. The first-order chi connectivity index (χ1) is 10.4. The molecule has 0 aliphatic carbocycles. The fraction of sp³-hybridized carbons (Fsp3) is 0.500. The third kappa shape index (κ3) is 4.70. The second-order valence-electron chi connectivity index (χ2n) is 4.91. The Bertz CT molecular complexity index is 516. The van der Waals surface area contributed by atoms with Crippen molar-refractivity contribution in [3.8, 4) is 0 Å². The Morgan fingerprint density at radius 1 is 1.36 bits per heavy atom. The van der Waals surface area contributed by atoms with E-state index in [1.807, 2.05) is 13.8 Å². The number of carbonyl (C=O) groups is 2. The van der Waals surface area contributed by atoms with Gasteiger partial charge in [0.25, 0.3) is 5.91 Å². The van der Waals surface area contributed by atoms with Crippen molar-refractivity contribution in [1.29, 1.82) is 0 Å². The predicted octanol–water partition coefficient (Wildman–Crippen LogP) is 3.67. The summed E-state index contributed by atoms with van der Waals surface area (Å²) < 4.78 is 18.8. The van der Waals surface area contributed by atoms with Crippen LogP contribution < -0.4 is 0 Å². The number of hydrogen-bond donors (Lipinski definition) is 0. The lowest BCUT2D eigenvalue weighted by Crippen LogP contribution is -2.40. The zero-order chi connectivity index (χ0) is 16.7. The minimum absolute atomic E-state index is 0.0643. The van der Waals surface area contributed by atoms with Crippen LogP contribution in [0.4, 0.5) is 4.39 Å². The van der Waals surface area contributed by atoms with Crippen LogP contribution in [0.15, 0.2) is 18.2 Å². The van der Waals surface area contributed by atoms with Gasteiger partial charge in [-0.15, -0.1) is 0 Å². The number of amides is 1. The Hall–Kier alpha value is -1.62. The second-order valence-corrected chi connectivity index (χ2v) is 5.31. The molecule has 0 spiro atoms. The highest BCUT2D eigenvalue weighted by molar-refractivity contribution is 6.33. The summed E-state index contributed by atoms with van der Waals surface area (Å²) in [5.74, 6) is -1.56. The maximum atomic E-state index is 13.9. The number of carbonyl (C=O) groups excluding carboxylic acids is 2. The normalized spacial score (nSPS) is 11.9. The number of benzene rings is 1. The maximum Gasteiger partial charge on any atom is 0.307 e. The van der Waals surface area contributed by atoms with Crippen molar-refractivity contribution in [2.24, 2.45) is 0 Å². The van der Waals surface area contributed by atoms with Gasteiger partial charge in [0, 0.05) is 12.6 Å². The van der Waals surface area contributed by atoms with Gasteiger partial charge in [-0.25, -0.2) is 4.39 Å². The molecule has 0 fully saturated rings. The first-order valence-electron chi connectivity index (χ1n) is 7.32. The van der Waals surface area contributed by atoms with Crippen LogP contribution in [-0.2, 0) is 9.53 Å². The molecule has 0 aliphatic heterocycles. The van der Waals surface area contributed by atoms with E-state index in [4.69, 9.17) is 16.3 Å². The molecule has 0 heterocycles. The Kier molecular flexibility index (Phi) is 7.32. The molecule has 0 saturated heterocycles. The standard InChI is InChI=1S/C16H21ClFNO3/c1-4-11(3)19(10-9-14(20)22-5-2)16(21)15-12(17)7-6-8-13(15)18/h6-8,11H,4-5,9-10H2,1-3H3. The summed E-state index contributed by atoms with van der Waals surface area (Å²) in [4.78, 5) is 25.6. The van der Waals surface area contributed by atoms with Crippen LogP contribution in [0.25, 0.3) is 0 Å². The molecule has 1 rings (SSSR count). The van der Waals surface area contributed by atoms with Gasteiger partial charge in [-0.3, -0.25) is 9.59 Å². The average Bonchev–Trinajstić information content (AvgIpc) is 2.47. The Balaban J connectivity index is 2.96. The fourth-order valence-electron chi connectivity index (χ4n) is 2.03. The van der Waals surface area contributed by atoms with E-state index in [0.717, 1.165) is 0 Å². The Labute approximate surface area is 135 Å². The van der Waals surface area contributed by atoms with Crippen molar-refractivity contribution in [3.63, 3.8) is 0 Å². The number of rotatable bonds is 7. The van der Waals surface area contributed by atoms with Gasteiger partial charge in [0.15, 0.2) is 0 Å². The molecule has 0 bridgehead atoms. The largest absolute Gasteiger partial charge is 0.466 e. The minimum atomic E-state index is -0.665. The molecule has 1 unspecified atom stereocenters. The van der Waals surface area contributed by atoms with Crippen molar-refractivity contribution < 1.29 is 18.7 Å². The molecular formula is C16H21ClFNO3.